The van der Waals surface area contributed by atoms with Crippen LogP contribution in [0, 0.1) is 46.3 Å². The molecule has 3 amide bonds. The van der Waals surface area contributed by atoms with Gasteiger partial charge in [0.25, 0.3) is 11.8 Å². The molecule has 4 aliphatic carbocycles. The summed E-state index contributed by atoms with van der Waals surface area (Å²) in [6, 6.07) is 7.09. The third kappa shape index (κ3) is 6.88. The van der Waals surface area contributed by atoms with Gasteiger partial charge in [0.2, 0.25) is 0 Å². The van der Waals surface area contributed by atoms with Gasteiger partial charge < -0.3 is 9.64 Å². The number of amides is 3. The Labute approximate surface area is 296 Å². The highest BCUT2D eigenvalue weighted by Gasteiger charge is 2.59. The van der Waals surface area contributed by atoms with E-state index in [1.165, 1.54) is 56.3 Å². The number of hydrogen-bond donors (Lipinski definition) is 0. The first-order valence-corrected chi connectivity index (χ1v) is 19.8. The summed E-state index contributed by atoms with van der Waals surface area (Å²) in [6.45, 7) is 19.0. The van der Waals surface area contributed by atoms with Crippen molar-refractivity contribution in [3.8, 4) is 0 Å². The van der Waals surface area contributed by atoms with Gasteiger partial charge in [0.1, 0.15) is 5.60 Å². The highest BCUT2D eigenvalue weighted by molar-refractivity contribution is 6.21. The van der Waals surface area contributed by atoms with E-state index in [1.54, 1.807) is 29.8 Å². The monoisotopic (exact) mass is 672 g/mol. The van der Waals surface area contributed by atoms with Crippen LogP contribution in [-0.4, -0.2) is 52.4 Å². The van der Waals surface area contributed by atoms with E-state index in [0.29, 0.717) is 36.1 Å². The largest absolute Gasteiger partial charge is 0.444 e. The van der Waals surface area contributed by atoms with Crippen molar-refractivity contribution in [1.82, 2.24) is 9.80 Å². The number of fused-ring (bicyclic) bond motifs is 6. The van der Waals surface area contributed by atoms with Gasteiger partial charge in [0.15, 0.2) is 0 Å². The molecule has 1 aromatic rings. The molecule has 0 saturated heterocycles. The number of carbonyl (C=O) groups is 3. The zero-order valence-corrected chi connectivity index (χ0v) is 31.9. The van der Waals surface area contributed by atoms with Gasteiger partial charge in [-0.2, -0.15) is 0 Å². The summed E-state index contributed by atoms with van der Waals surface area (Å²) in [5.41, 5.74) is 2.57. The maximum absolute atomic E-state index is 13.7. The molecule has 6 nitrogen and oxygen atoms in total. The van der Waals surface area contributed by atoms with Gasteiger partial charge in [-0.05, 0) is 137 Å². The van der Waals surface area contributed by atoms with Gasteiger partial charge in [-0.25, -0.2) is 4.79 Å². The molecule has 1 aromatic carbocycles. The van der Waals surface area contributed by atoms with E-state index >= 15 is 0 Å². The van der Waals surface area contributed by atoms with Crippen molar-refractivity contribution >= 4 is 17.9 Å². The molecule has 3 fully saturated rings. The maximum Gasteiger partial charge on any atom is 0.410 e. The highest BCUT2D eigenvalue weighted by Crippen LogP contribution is 2.67. The molecule has 0 radical (unpaired) electrons. The molecular weight excluding hydrogens is 608 g/mol. The standard InChI is InChI=1S/C43H64N2O4/c1-28(2)13-11-14-29(3)35-19-20-36-34-18-17-30-27-31(21-23-42(30,7)37(34)22-24-43(35,36)8)44(40(48)49-41(4,5)6)25-12-26-45-38(46)32-15-9-10-16-33(32)39(45)47/h9-10,15-17,28-29,31,34-37H,11-14,18-27H2,1-8H3/t29?,31?,34?,35-,36?,37?,42+,43-/m1/s1. The van der Waals surface area contributed by atoms with Crippen molar-refractivity contribution in [3.05, 3.63) is 47.0 Å². The number of ether oxygens (including phenoxy) is 1. The fourth-order valence-corrected chi connectivity index (χ4v) is 11.5. The lowest BCUT2D eigenvalue weighted by Crippen LogP contribution is -2.53. The van der Waals surface area contributed by atoms with E-state index in [2.05, 4.69) is 40.7 Å². The normalized spacial score (nSPS) is 33.0. The topological polar surface area (TPSA) is 66.9 Å². The number of rotatable bonds is 10. The average Bonchev–Trinajstić information content (AvgIpc) is 3.51. The summed E-state index contributed by atoms with van der Waals surface area (Å²) in [5.74, 6) is 4.34. The van der Waals surface area contributed by atoms with Crippen LogP contribution in [0.3, 0.4) is 0 Å². The molecule has 1 aliphatic heterocycles. The van der Waals surface area contributed by atoms with Crippen LogP contribution < -0.4 is 0 Å². The summed E-state index contributed by atoms with van der Waals surface area (Å²) < 4.78 is 5.96. The first-order chi connectivity index (χ1) is 23.1. The Hall–Kier alpha value is -2.63. The second kappa shape index (κ2) is 13.8. The molecule has 6 heteroatoms. The summed E-state index contributed by atoms with van der Waals surface area (Å²) in [7, 11) is 0. The van der Waals surface area contributed by atoms with E-state index in [9.17, 15) is 14.4 Å². The van der Waals surface area contributed by atoms with Crippen LogP contribution in [0.2, 0.25) is 0 Å². The third-order valence-corrected chi connectivity index (χ3v) is 14.0. The van der Waals surface area contributed by atoms with Crippen molar-refractivity contribution in [2.45, 2.75) is 144 Å². The fourth-order valence-electron chi connectivity index (χ4n) is 11.5. The van der Waals surface area contributed by atoms with Gasteiger partial charge in [-0.15, -0.1) is 0 Å². The zero-order valence-electron chi connectivity index (χ0n) is 31.9. The number of imide groups is 1. The van der Waals surface area contributed by atoms with E-state index in [0.717, 1.165) is 54.8 Å². The summed E-state index contributed by atoms with van der Waals surface area (Å²) >= 11 is 0. The Balaban J connectivity index is 1.14. The van der Waals surface area contributed by atoms with Crippen LogP contribution in [-0.2, 0) is 4.74 Å². The molecule has 3 saturated carbocycles. The number of allylic oxidation sites excluding steroid dienone is 1. The van der Waals surface area contributed by atoms with Crippen LogP contribution >= 0.6 is 0 Å². The summed E-state index contributed by atoms with van der Waals surface area (Å²) in [6.07, 6.45) is 16.6. The lowest BCUT2D eigenvalue weighted by atomic mass is 9.46. The molecule has 0 N–H and O–H groups in total. The van der Waals surface area contributed by atoms with Gasteiger partial charge in [-0.3, -0.25) is 14.5 Å². The Kier molecular flexibility index (Phi) is 10.2. The minimum atomic E-state index is -0.599. The summed E-state index contributed by atoms with van der Waals surface area (Å²) in [4.78, 5) is 43.0. The Bertz CT molecular complexity index is 1410. The first-order valence-electron chi connectivity index (χ1n) is 19.8. The van der Waals surface area contributed by atoms with E-state index in [4.69, 9.17) is 4.74 Å². The van der Waals surface area contributed by atoms with Crippen LogP contribution in [0.25, 0.3) is 0 Å². The number of benzene rings is 1. The molecule has 0 aromatic heterocycles. The van der Waals surface area contributed by atoms with E-state index in [-0.39, 0.29) is 29.4 Å². The average molecular weight is 673 g/mol. The van der Waals surface area contributed by atoms with Crippen LogP contribution in [0.5, 0.6) is 0 Å². The molecule has 49 heavy (non-hydrogen) atoms. The van der Waals surface area contributed by atoms with Crippen molar-refractivity contribution in [1.29, 1.82) is 0 Å². The summed E-state index contributed by atoms with van der Waals surface area (Å²) in [5, 5.41) is 0. The predicted octanol–water partition coefficient (Wildman–Crippen LogP) is 10.3. The lowest BCUT2D eigenvalue weighted by Gasteiger charge is -2.59. The van der Waals surface area contributed by atoms with Gasteiger partial charge in [-0.1, -0.05) is 77.7 Å². The molecule has 8 atom stereocenters. The van der Waals surface area contributed by atoms with Gasteiger partial charge in [0, 0.05) is 19.1 Å². The predicted molar refractivity (Wildman–Crippen MR) is 196 cm³/mol. The number of hydrogen-bond acceptors (Lipinski definition) is 4. The van der Waals surface area contributed by atoms with Crippen LogP contribution in [0.4, 0.5) is 4.79 Å². The van der Waals surface area contributed by atoms with Crippen LogP contribution in [0.1, 0.15) is 153 Å². The van der Waals surface area contributed by atoms with Crippen molar-refractivity contribution in [2.75, 3.05) is 13.1 Å². The van der Waals surface area contributed by atoms with Crippen molar-refractivity contribution < 1.29 is 19.1 Å². The Morgan fingerprint density at radius 2 is 1.63 bits per heavy atom. The first kappa shape index (κ1) is 36.2. The second-order valence-electron chi connectivity index (χ2n) is 18.5. The molecule has 1 heterocycles. The van der Waals surface area contributed by atoms with Gasteiger partial charge >= 0.3 is 6.09 Å². The molecule has 0 bridgehead atoms. The third-order valence-electron chi connectivity index (χ3n) is 14.0. The minimum absolute atomic E-state index is 0.0595. The maximum atomic E-state index is 13.7. The fraction of sp³-hybridized carbons (Fsp3) is 0.744. The highest BCUT2D eigenvalue weighted by atomic mass is 16.6. The Morgan fingerprint density at radius 3 is 2.29 bits per heavy atom. The number of nitrogens with zero attached hydrogens (tertiary/aromatic N) is 2. The van der Waals surface area contributed by atoms with Gasteiger partial charge in [0.05, 0.1) is 11.1 Å². The quantitative estimate of drug-likeness (QED) is 0.183. The van der Waals surface area contributed by atoms with Crippen molar-refractivity contribution in [2.24, 2.45) is 46.3 Å². The molecule has 5 aliphatic rings. The lowest BCUT2D eigenvalue weighted by molar-refractivity contribution is -0.0556. The Morgan fingerprint density at radius 1 is 0.939 bits per heavy atom. The molecule has 5 unspecified atom stereocenters. The van der Waals surface area contributed by atoms with Crippen LogP contribution in [0.15, 0.2) is 35.9 Å². The van der Waals surface area contributed by atoms with E-state index in [1.807, 2.05) is 25.7 Å². The molecule has 0 spiro atoms. The minimum Gasteiger partial charge on any atom is -0.444 e. The second-order valence-corrected chi connectivity index (χ2v) is 18.5. The SMILES string of the molecule is CC(C)CCCC(C)[C@H]1CCC2C3CC=C4CC(N(CCCN5C(=O)c6ccccc6C5=O)C(=O)OC(C)(C)C)CC[C@]4(C)C3CC[C@@]21C. The zero-order chi connectivity index (χ0) is 35.3. The smallest absolute Gasteiger partial charge is 0.410 e. The molecule has 270 valence electrons. The molecule has 6 rings (SSSR count). The van der Waals surface area contributed by atoms with E-state index < -0.39 is 5.60 Å². The van der Waals surface area contributed by atoms with Crippen molar-refractivity contribution in [3.63, 3.8) is 0 Å². The number of carbonyl (C=O) groups excluding carboxylic acids is 3. The molecular formula is C43H64N2O4.